The summed E-state index contributed by atoms with van der Waals surface area (Å²) in [6.45, 7) is 2.84. The van der Waals surface area contributed by atoms with E-state index in [9.17, 15) is 0 Å². The van der Waals surface area contributed by atoms with Gasteiger partial charge in [0.25, 0.3) is 5.95 Å². The Morgan fingerprint density at radius 3 is 2.45 bits per heavy atom. The molecule has 0 aromatic carbocycles. The maximum absolute atomic E-state index is 6.04. The Kier molecular flexibility index (Phi) is 4.24. The van der Waals surface area contributed by atoms with Gasteiger partial charge in [-0.15, -0.1) is 0 Å². The molecule has 0 bridgehead atoms. The van der Waals surface area contributed by atoms with Crippen molar-refractivity contribution < 1.29 is 4.52 Å². The van der Waals surface area contributed by atoms with E-state index in [1.807, 2.05) is 0 Å². The van der Waals surface area contributed by atoms with Crippen LogP contribution in [0.5, 0.6) is 0 Å². The number of anilines is 1. The Hall–Kier alpha value is -1.10. The van der Waals surface area contributed by atoms with E-state index in [1.54, 1.807) is 0 Å². The Morgan fingerprint density at radius 1 is 1.05 bits per heavy atom. The van der Waals surface area contributed by atoms with Crippen molar-refractivity contribution >= 4 is 5.95 Å². The molecular formula is C15H26N4O. The summed E-state index contributed by atoms with van der Waals surface area (Å²) in [6.07, 6.45) is 10.9. The van der Waals surface area contributed by atoms with Gasteiger partial charge in [-0.3, -0.25) is 0 Å². The number of hydrogen-bond acceptors (Lipinski definition) is 5. The Morgan fingerprint density at radius 2 is 1.75 bits per heavy atom. The number of aromatic nitrogens is 2. The molecule has 5 nitrogen and oxygen atoms in total. The summed E-state index contributed by atoms with van der Waals surface area (Å²) in [5.41, 5.74) is 6.23. The van der Waals surface area contributed by atoms with Crippen molar-refractivity contribution in [1.82, 2.24) is 10.1 Å². The molecule has 112 valence electrons. The smallest absolute Gasteiger partial charge is 0.266 e. The molecule has 0 spiro atoms. The van der Waals surface area contributed by atoms with Gasteiger partial charge in [0, 0.05) is 19.5 Å². The molecule has 3 rings (SSSR count). The quantitative estimate of drug-likeness (QED) is 0.916. The molecule has 1 aliphatic heterocycles. The van der Waals surface area contributed by atoms with Gasteiger partial charge in [0.2, 0.25) is 5.89 Å². The largest absolute Gasteiger partial charge is 0.338 e. The third kappa shape index (κ3) is 2.97. The highest BCUT2D eigenvalue weighted by molar-refractivity contribution is 5.28. The summed E-state index contributed by atoms with van der Waals surface area (Å²) in [4.78, 5) is 6.86. The van der Waals surface area contributed by atoms with Gasteiger partial charge in [0.15, 0.2) is 0 Å². The normalized spacial score (nSPS) is 22.9. The molecule has 1 aromatic rings. The lowest BCUT2D eigenvalue weighted by atomic mass is 9.72. The fraction of sp³-hybridized carbons (Fsp3) is 0.867. The maximum Gasteiger partial charge on any atom is 0.266 e. The number of piperidine rings is 1. The average molecular weight is 278 g/mol. The van der Waals surface area contributed by atoms with E-state index in [-0.39, 0.29) is 5.41 Å². The monoisotopic (exact) mass is 278 g/mol. The summed E-state index contributed by atoms with van der Waals surface area (Å²) < 4.78 is 5.49. The molecule has 5 heteroatoms. The van der Waals surface area contributed by atoms with Gasteiger partial charge in [-0.1, -0.05) is 19.3 Å². The average Bonchev–Trinajstić information content (AvgIpc) is 2.97. The van der Waals surface area contributed by atoms with E-state index >= 15 is 0 Å². The number of hydrogen-bond donors (Lipinski definition) is 1. The molecule has 2 heterocycles. The van der Waals surface area contributed by atoms with Gasteiger partial charge in [-0.05, 0) is 49.2 Å². The minimum Gasteiger partial charge on any atom is -0.338 e. The summed E-state index contributed by atoms with van der Waals surface area (Å²) >= 11 is 0. The summed E-state index contributed by atoms with van der Waals surface area (Å²) in [5, 5.41) is 4.17. The van der Waals surface area contributed by atoms with Crippen molar-refractivity contribution in [3.8, 4) is 0 Å². The van der Waals surface area contributed by atoms with Gasteiger partial charge in [-0.2, -0.15) is 4.98 Å². The predicted octanol–water partition coefficient (Wildman–Crippen LogP) is 2.51. The molecule has 1 aromatic heterocycles. The van der Waals surface area contributed by atoms with Crippen LogP contribution in [0.2, 0.25) is 0 Å². The molecule has 1 saturated carbocycles. The van der Waals surface area contributed by atoms with Crippen molar-refractivity contribution in [2.75, 3.05) is 24.5 Å². The molecule has 2 N–H and O–H groups in total. The van der Waals surface area contributed by atoms with Crippen LogP contribution >= 0.6 is 0 Å². The zero-order valence-electron chi connectivity index (χ0n) is 12.3. The molecule has 0 atom stereocenters. The van der Waals surface area contributed by atoms with E-state index in [1.165, 1.54) is 51.4 Å². The van der Waals surface area contributed by atoms with Crippen molar-refractivity contribution in [2.24, 2.45) is 11.1 Å². The van der Waals surface area contributed by atoms with Gasteiger partial charge in [-0.25, -0.2) is 0 Å². The van der Waals surface area contributed by atoms with E-state index in [2.05, 4.69) is 15.0 Å². The second-order valence-electron chi connectivity index (χ2n) is 6.48. The molecule has 1 aliphatic carbocycles. The van der Waals surface area contributed by atoms with Gasteiger partial charge >= 0.3 is 0 Å². The van der Waals surface area contributed by atoms with Crippen molar-refractivity contribution in [3.05, 3.63) is 5.89 Å². The minimum atomic E-state index is 0.198. The number of nitrogens with two attached hydrogens (primary N) is 1. The molecule has 0 amide bonds. The Bertz CT molecular complexity index is 419. The molecular weight excluding hydrogens is 252 g/mol. The lowest BCUT2D eigenvalue weighted by Crippen LogP contribution is -2.35. The SMILES string of the molecule is NCC1(Cc2nc(N3CCCCC3)no2)CCCCC1. The molecule has 1 saturated heterocycles. The van der Waals surface area contributed by atoms with E-state index in [0.29, 0.717) is 0 Å². The van der Waals surface area contributed by atoms with Crippen molar-refractivity contribution in [3.63, 3.8) is 0 Å². The van der Waals surface area contributed by atoms with Crippen LogP contribution < -0.4 is 10.6 Å². The van der Waals surface area contributed by atoms with E-state index < -0.39 is 0 Å². The number of nitrogens with zero attached hydrogens (tertiary/aromatic N) is 3. The first-order valence-electron chi connectivity index (χ1n) is 8.09. The molecule has 2 aliphatic rings. The summed E-state index contributed by atoms with van der Waals surface area (Å²) in [6, 6.07) is 0. The highest BCUT2D eigenvalue weighted by Crippen LogP contribution is 2.38. The fourth-order valence-corrected chi connectivity index (χ4v) is 3.62. The first-order valence-corrected chi connectivity index (χ1v) is 8.09. The second kappa shape index (κ2) is 6.12. The van der Waals surface area contributed by atoms with Gasteiger partial charge < -0.3 is 15.2 Å². The maximum atomic E-state index is 6.04. The molecule has 0 radical (unpaired) electrons. The highest BCUT2D eigenvalue weighted by atomic mass is 16.5. The van der Waals surface area contributed by atoms with Crippen molar-refractivity contribution in [1.29, 1.82) is 0 Å². The van der Waals surface area contributed by atoms with Crippen molar-refractivity contribution in [2.45, 2.75) is 57.8 Å². The summed E-state index contributed by atoms with van der Waals surface area (Å²) in [7, 11) is 0. The topological polar surface area (TPSA) is 68.2 Å². The first kappa shape index (κ1) is 13.9. The van der Waals surface area contributed by atoms with Gasteiger partial charge in [0.1, 0.15) is 0 Å². The zero-order valence-corrected chi connectivity index (χ0v) is 12.3. The van der Waals surface area contributed by atoms with Crippen LogP contribution in [0.25, 0.3) is 0 Å². The molecule has 2 fully saturated rings. The van der Waals surface area contributed by atoms with Gasteiger partial charge in [0.05, 0.1) is 0 Å². The Labute approximate surface area is 120 Å². The second-order valence-corrected chi connectivity index (χ2v) is 6.48. The Balaban J connectivity index is 1.66. The third-order valence-corrected chi connectivity index (χ3v) is 4.97. The van der Waals surface area contributed by atoms with E-state index in [4.69, 9.17) is 10.3 Å². The zero-order chi connectivity index (χ0) is 13.8. The van der Waals surface area contributed by atoms with Crippen LogP contribution in [0.4, 0.5) is 5.95 Å². The standard InChI is InChI=1S/C15H26N4O/c16-12-15(7-3-1-4-8-15)11-13-17-14(18-20-13)19-9-5-2-6-10-19/h1-12,16H2. The lowest BCUT2D eigenvalue weighted by Gasteiger charge is -2.34. The fourth-order valence-electron chi connectivity index (χ4n) is 3.62. The first-order chi connectivity index (χ1) is 9.81. The van der Waals surface area contributed by atoms with Crippen LogP contribution in [0.15, 0.2) is 4.52 Å². The number of rotatable bonds is 4. The van der Waals surface area contributed by atoms with Crippen LogP contribution in [-0.2, 0) is 6.42 Å². The highest BCUT2D eigenvalue weighted by Gasteiger charge is 2.33. The van der Waals surface area contributed by atoms with Crippen LogP contribution in [-0.4, -0.2) is 29.8 Å². The lowest BCUT2D eigenvalue weighted by molar-refractivity contribution is 0.177. The third-order valence-electron chi connectivity index (χ3n) is 4.97. The predicted molar refractivity (Wildman–Crippen MR) is 78.6 cm³/mol. The minimum absolute atomic E-state index is 0.198. The van der Waals surface area contributed by atoms with E-state index in [0.717, 1.165) is 37.9 Å². The molecule has 0 unspecified atom stereocenters. The van der Waals surface area contributed by atoms with Crippen LogP contribution in [0.3, 0.4) is 0 Å². The summed E-state index contributed by atoms with van der Waals surface area (Å²) in [5.74, 6) is 1.56. The molecule has 20 heavy (non-hydrogen) atoms. The van der Waals surface area contributed by atoms with Crippen LogP contribution in [0, 0.1) is 5.41 Å². The van der Waals surface area contributed by atoms with Crippen LogP contribution in [0.1, 0.15) is 57.3 Å².